The second-order valence-electron chi connectivity index (χ2n) is 8.97. The van der Waals surface area contributed by atoms with Crippen LogP contribution in [0.4, 0.5) is 4.79 Å². The maximum atomic E-state index is 13.3. The van der Waals surface area contributed by atoms with E-state index in [1.54, 1.807) is 25.1 Å². The van der Waals surface area contributed by atoms with E-state index in [2.05, 4.69) is 0 Å². The van der Waals surface area contributed by atoms with Crippen LogP contribution in [-0.4, -0.2) is 46.5 Å². The van der Waals surface area contributed by atoms with Gasteiger partial charge in [-0.15, -0.1) is 0 Å². The molecule has 5 rings (SSSR count). The summed E-state index contributed by atoms with van der Waals surface area (Å²) in [5.74, 6) is -5.00. The van der Waals surface area contributed by atoms with E-state index in [9.17, 15) is 29.1 Å². The van der Waals surface area contributed by atoms with Gasteiger partial charge >= 0.3 is 6.03 Å². The molecule has 4 atom stereocenters. The molecule has 3 aliphatic carbocycles. The lowest BCUT2D eigenvalue weighted by Crippen LogP contribution is -2.42. The Kier molecular flexibility index (Phi) is 4.82. The molecule has 1 aromatic rings. The van der Waals surface area contributed by atoms with Gasteiger partial charge in [0.1, 0.15) is 11.5 Å². The first-order chi connectivity index (χ1) is 16.2. The van der Waals surface area contributed by atoms with Gasteiger partial charge in [-0.1, -0.05) is 17.7 Å². The van der Waals surface area contributed by atoms with Crippen LogP contribution in [-0.2, 0) is 19.2 Å². The SMILES string of the molecule is COc1cccc(O)c1C1C2=CCC3C(=O)N(C(N)=O)C(=O)C3C2CC2=C1C(=O)C(C)=CC2=O. The molecule has 1 aromatic carbocycles. The van der Waals surface area contributed by atoms with Gasteiger partial charge in [0.25, 0.3) is 0 Å². The number of Topliss-reactive ketones (excluding diaryl/α,β-unsaturated/α-hetero) is 1. The highest BCUT2D eigenvalue weighted by Gasteiger charge is 2.57. The molecule has 4 aliphatic rings. The summed E-state index contributed by atoms with van der Waals surface area (Å²) in [5.41, 5.74) is 7.02. The third-order valence-corrected chi connectivity index (χ3v) is 7.34. The normalized spacial score (nSPS) is 28.2. The van der Waals surface area contributed by atoms with Gasteiger partial charge in [0.2, 0.25) is 11.8 Å². The molecule has 1 heterocycles. The number of amides is 4. The zero-order valence-corrected chi connectivity index (χ0v) is 18.5. The van der Waals surface area contributed by atoms with Crippen molar-refractivity contribution in [3.63, 3.8) is 0 Å². The first-order valence-corrected chi connectivity index (χ1v) is 10.9. The summed E-state index contributed by atoms with van der Waals surface area (Å²) < 4.78 is 5.49. The number of likely N-dealkylation sites (tertiary alicyclic amines) is 1. The molecule has 1 aliphatic heterocycles. The zero-order chi connectivity index (χ0) is 24.5. The van der Waals surface area contributed by atoms with Crippen molar-refractivity contribution < 1.29 is 33.8 Å². The number of benzene rings is 1. The number of primary amides is 1. The van der Waals surface area contributed by atoms with Gasteiger partial charge in [-0.3, -0.25) is 19.2 Å². The number of phenols is 1. The highest BCUT2D eigenvalue weighted by molar-refractivity contribution is 6.24. The summed E-state index contributed by atoms with van der Waals surface area (Å²) in [6.45, 7) is 1.56. The Morgan fingerprint density at radius 3 is 2.56 bits per heavy atom. The highest BCUT2D eigenvalue weighted by atomic mass is 16.5. The number of carbonyl (C=O) groups is 5. The number of imide groups is 3. The molecule has 0 aromatic heterocycles. The largest absolute Gasteiger partial charge is 0.507 e. The maximum Gasteiger partial charge on any atom is 0.328 e. The summed E-state index contributed by atoms with van der Waals surface area (Å²) in [4.78, 5) is 64.6. The number of aromatic hydroxyl groups is 1. The van der Waals surface area contributed by atoms with E-state index in [0.29, 0.717) is 21.8 Å². The fourth-order valence-electron chi connectivity index (χ4n) is 5.91. The van der Waals surface area contributed by atoms with E-state index in [1.807, 2.05) is 0 Å². The second kappa shape index (κ2) is 7.51. The number of allylic oxidation sites excluding steroid dienone is 6. The van der Waals surface area contributed by atoms with Gasteiger partial charge in [-0.05, 0) is 43.9 Å². The minimum Gasteiger partial charge on any atom is -0.507 e. The van der Waals surface area contributed by atoms with Crippen LogP contribution in [0.1, 0.15) is 31.2 Å². The molecular formula is C25H22N2O7. The molecule has 9 nitrogen and oxygen atoms in total. The van der Waals surface area contributed by atoms with E-state index in [0.717, 1.165) is 0 Å². The molecule has 9 heteroatoms. The molecule has 0 radical (unpaired) electrons. The summed E-state index contributed by atoms with van der Waals surface area (Å²) in [6.07, 6.45) is 3.28. The third-order valence-electron chi connectivity index (χ3n) is 7.34. The van der Waals surface area contributed by atoms with Crippen molar-refractivity contribution in [2.24, 2.45) is 23.5 Å². The number of rotatable bonds is 2. The van der Waals surface area contributed by atoms with Crippen LogP contribution in [0.25, 0.3) is 0 Å². The van der Waals surface area contributed by atoms with Crippen LogP contribution in [0, 0.1) is 17.8 Å². The summed E-state index contributed by atoms with van der Waals surface area (Å²) >= 11 is 0. The molecule has 1 fully saturated rings. The summed E-state index contributed by atoms with van der Waals surface area (Å²) in [5, 5.41) is 10.8. The number of fused-ring (bicyclic) bond motifs is 3. The zero-order valence-electron chi connectivity index (χ0n) is 18.5. The smallest absolute Gasteiger partial charge is 0.328 e. The first-order valence-electron chi connectivity index (χ1n) is 10.9. The second-order valence-corrected chi connectivity index (χ2v) is 8.97. The highest BCUT2D eigenvalue weighted by Crippen LogP contribution is 2.57. The van der Waals surface area contributed by atoms with Crippen molar-refractivity contribution in [2.75, 3.05) is 7.11 Å². The molecule has 3 N–H and O–H groups in total. The fraction of sp³-hybridized carbons (Fsp3) is 0.320. The van der Waals surface area contributed by atoms with Crippen molar-refractivity contribution in [3.05, 3.63) is 58.2 Å². The molecule has 0 spiro atoms. The Hall–Kier alpha value is -4.01. The van der Waals surface area contributed by atoms with Crippen molar-refractivity contribution in [2.45, 2.75) is 25.7 Å². The number of phenolic OH excluding ortho intramolecular Hbond substituents is 1. The quantitative estimate of drug-likeness (QED) is 0.388. The lowest BCUT2D eigenvalue weighted by atomic mass is 9.59. The van der Waals surface area contributed by atoms with Crippen LogP contribution in [0.15, 0.2) is 52.6 Å². The van der Waals surface area contributed by atoms with Crippen molar-refractivity contribution in [1.29, 1.82) is 0 Å². The van der Waals surface area contributed by atoms with Crippen LogP contribution >= 0.6 is 0 Å². The molecule has 4 amide bonds. The Morgan fingerprint density at radius 1 is 1.15 bits per heavy atom. The van der Waals surface area contributed by atoms with Gasteiger partial charge in [0.15, 0.2) is 11.6 Å². The minimum atomic E-state index is -1.14. The van der Waals surface area contributed by atoms with E-state index < -0.39 is 41.5 Å². The topological polar surface area (TPSA) is 144 Å². The van der Waals surface area contributed by atoms with Gasteiger partial charge in [-0.25, -0.2) is 4.79 Å². The number of carbonyl (C=O) groups excluding carboxylic acids is 5. The number of hydrogen-bond donors (Lipinski definition) is 2. The Balaban J connectivity index is 1.75. The number of nitrogens with two attached hydrogens (primary N) is 1. The monoisotopic (exact) mass is 462 g/mol. The number of hydrogen-bond acceptors (Lipinski definition) is 7. The Morgan fingerprint density at radius 2 is 1.88 bits per heavy atom. The maximum absolute atomic E-state index is 13.3. The van der Waals surface area contributed by atoms with E-state index >= 15 is 0 Å². The molecule has 1 saturated heterocycles. The van der Waals surface area contributed by atoms with Gasteiger partial charge < -0.3 is 15.6 Å². The van der Waals surface area contributed by atoms with Crippen LogP contribution in [0.5, 0.6) is 11.5 Å². The molecule has 4 unspecified atom stereocenters. The number of urea groups is 1. The lowest BCUT2D eigenvalue weighted by molar-refractivity contribution is -0.136. The molecule has 174 valence electrons. The summed E-state index contributed by atoms with van der Waals surface area (Å²) in [6, 6.07) is 3.57. The third kappa shape index (κ3) is 2.82. The predicted molar refractivity (Wildman–Crippen MR) is 117 cm³/mol. The standard InChI is InChI=1S/C25H22N2O7/c1-10-8-16(29)14-9-13-11(6-7-12-18(13)24(32)27(23(12)31)25(26)33)19(20(14)22(10)30)21-15(28)4-3-5-17(21)34-2/h3-6,8,12-13,18-19,28H,7,9H2,1-2H3,(H2,26,33). The number of ether oxygens (including phenoxy) is 1. The fourth-order valence-corrected chi connectivity index (χ4v) is 5.91. The number of ketones is 2. The molecular weight excluding hydrogens is 440 g/mol. The van der Waals surface area contributed by atoms with Crippen molar-refractivity contribution in [3.8, 4) is 11.5 Å². The molecule has 0 bridgehead atoms. The Bertz CT molecular complexity index is 1300. The summed E-state index contributed by atoms with van der Waals surface area (Å²) in [7, 11) is 1.43. The number of nitrogens with zero attached hydrogens (tertiary/aromatic N) is 1. The van der Waals surface area contributed by atoms with Crippen LogP contribution < -0.4 is 10.5 Å². The first kappa shape index (κ1) is 21.8. The Labute approximate surface area is 194 Å². The van der Waals surface area contributed by atoms with Gasteiger partial charge in [0.05, 0.1) is 18.9 Å². The van der Waals surface area contributed by atoms with Crippen LogP contribution in [0.2, 0.25) is 0 Å². The minimum absolute atomic E-state index is 0.0642. The van der Waals surface area contributed by atoms with Gasteiger partial charge in [-0.2, -0.15) is 4.90 Å². The predicted octanol–water partition coefficient (Wildman–Crippen LogP) is 1.91. The average Bonchev–Trinajstić information content (AvgIpc) is 3.06. The van der Waals surface area contributed by atoms with E-state index in [1.165, 1.54) is 19.3 Å². The van der Waals surface area contributed by atoms with E-state index in [-0.39, 0.29) is 46.9 Å². The van der Waals surface area contributed by atoms with Crippen LogP contribution in [0.3, 0.4) is 0 Å². The van der Waals surface area contributed by atoms with Gasteiger partial charge in [0, 0.05) is 28.2 Å². The average molecular weight is 462 g/mol. The molecule has 0 saturated carbocycles. The molecule has 34 heavy (non-hydrogen) atoms. The lowest BCUT2D eigenvalue weighted by Gasteiger charge is -2.42. The van der Waals surface area contributed by atoms with E-state index in [4.69, 9.17) is 10.5 Å². The number of methoxy groups -OCH3 is 1. The van der Waals surface area contributed by atoms with Crippen molar-refractivity contribution >= 4 is 29.4 Å². The van der Waals surface area contributed by atoms with Crippen molar-refractivity contribution in [1.82, 2.24) is 4.90 Å².